The van der Waals surface area contributed by atoms with E-state index < -0.39 is 5.91 Å². The van der Waals surface area contributed by atoms with Crippen LogP contribution in [0.25, 0.3) is 0 Å². The molecule has 0 aliphatic heterocycles. The number of nitrogens with zero attached hydrogens (tertiary/aromatic N) is 3. The Morgan fingerprint density at radius 2 is 1.89 bits per heavy atom. The van der Waals surface area contributed by atoms with Crippen molar-refractivity contribution in [2.45, 2.75) is 0 Å². The number of hydrogen-bond donors (Lipinski definition) is 2. The van der Waals surface area contributed by atoms with Crippen LogP contribution >= 0.6 is 0 Å². The summed E-state index contributed by atoms with van der Waals surface area (Å²) >= 11 is 0. The summed E-state index contributed by atoms with van der Waals surface area (Å²) in [6.45, 7) is 0. The summed E-state index contributed by atoms with van der Waals surface area (Å²) in [5.74, 6) is -0.250. The lowest BCUT2D eigenvalue weighted by Gasteiger charge is -1.97. The number of phenols is 1. The van der Waals surface area contributed by atoms with Crippen LogP contribution in [0.15, 0.2) is 47.8 Å². The Bertz CT molecular complexity index is 552. The molecule has 90 valence electrons. The summed E-state index contributed by atoms with van der Waals surface area (Å²) < 4.78 is 0. The standard InChI is InChI=1S/C12H10N4O2/c17-10-4-2-9(3-5-10)8-15-16-12(18)11-13-6-1-7-14-11/h1-8,17H,(H,16,18)/b15-8-. The lowest BCUT2D eigenvalue weighted by Crippen LogP contribution is -2.20. The number of benzene rings is 1. The van der Waals surface area contributed by atoms with Gasteiger partial charge < -0.3 is 5.11 Å². The summed E-state index contributed by atoms with van der Waals surface area (Å²) in [6, 6.07) is 8.03. The fourth-order valence-electron chi connectivity index (χ4n) is 1.19. The Labute approximate surface area is 103 Å². The lowest BCUT2D eigenvalue weighted by atomic mass is 10.2. The number of nitrogens with one attached hydrogen (secondary N) is 1. The van der Waals surface area contributed by atoms with Crippen molar-refractivity contribution in [3.63, 3.8) is 0 Å². The third kappa shape index (κ3) is 3.11. The fraction of sp³-hybridized carbons (Fsp3) is 0. The number of carbonyl (C=O) groups excluding carboxylic acids is 1. The monoisotopic (exact) mass is 242 g/mol. The molecule has 0 spiro atoms. The average molecular weight is 242 g/mol. The van der Waals surface area contributed by atoms with Gasteiger partial charge in [0.15, 0.2) is 0 Å². The molecular weight excluding hydrogens is 232 g/mol. The van der Waals surface area contributed by atoms with E-state index in [0.29, 0.717) is 0 Å². The summed E-state index contributed by atoms with van der Waals surface area (Å²) in [7, 11) is 0. The minimum absolute atomic E-state index is 0.0559. The van der Waals surface area contributed by atoms with Gasteiger partial charge in [-0.3, -0.25) is 4.79 Å². The lowest BCUT2D eigenvalue weighted by molar-refractivity contribution is 0.0944. The van der Waals surface area contributed by atoms with E-state index in [9.17, 15) is 4.79 Å². The molecule has 1 aromatic heterocycles. The summed E-state index contributed by atoms with van der Waals surface area (Å²) in [4.78, 5) is 19.1. The first-order valence-electron chi connectivity index (χ1n) is 5.15. The molecule has 2 aromatic rings. The molecule has 0 unspecified atom stereocenters. The van der Waals surface area contributed by atoms with Gasteiger partial charge >= 0.3 is 5.91 Å². The first kappa shape index (κ1) is 11.7. The molecular formula is C12H10N4O2. The van der Waals surface area contributed by atoms with Crippen LogP contribution < -0.4 is 5.43 Å². The molecule has 1 heterocycles. The van der Waals surface area contributed by atoms with Crippen molar-refractivity contribution in [2.24, 2.45) is 5.10 Å². The van der Waals surface area contributed by atoms with Crippen LogP contribution in [0, 0.1) is 0 Å². The topological polar surface area (TPSA) is 87.5 Å². The van der Waals surface area contributed by atoms with Gasteiger partial charge in [0.05, 0.1) is 6.21 Å². The number of rotatable bonds is 3. The second-order valence-corrected chi connectivity index (χ2v) is 3.36. The zero-order valence-electron chi connectivity index (χ0n) is 9.32. The highest BCUT2D eigenvalue weighted by Crippen LogP contribution is 2.07. The normalized spacial score (nSPS) is 10.4. The predicted molar refractivity (Wildman–Crippen MR) is 65.2 cm³/mol. The third-order valence-electron chi connectivity index (χ3n) is 2.04. The molecule has 6 nitrogen and oxygen atoms in total. The Balaban J connectivity index is 1.96. The molecule has 0 fully saturated rings. The maximum Gasteiger partial charge on any atom is 0.309 e. The van der Waals surface area contributed by atoms with Gasteiger partial charge in [0.1, 0.15) is 5.75 Å². The summed E-state index contributed by atoms with van der Waals surface area (Å²) in [5.41, 5.74) is 3.06. The minimum atomic E-state index is -0.481. The molecule has 1 aromatic carbocycles. The van der Waals surface area contributed by atoms with E-state index >= 15 is 0 Å². The van der Waals surface area contributed by atoms with Crippen LogP contribution in [0.4, 0.5) is 0 Å². The molecule has 1 amide bonds. The van der Waals surface area contributed by atoms with Crippen LogP contribution in [0.3, 0.4) is 0 Å². The fourth-order valence-corrected chi connectivity index (χ4v) is 1.19. The second kappa shape index (κ2) is 5.53. The van der Waals surface area contributed by atoms with E-state index in [4.69, 9.17) is 5.11 Å². The van der Waals surface area contributed by atoms with Crippen molar-refractivity contribution < 1.29 is 9.90 Å². The van der Waals surface area contributed by atoms with Crippen LogP contribution in [0.5, 0.6) is 5.75 Å². The van der Waals surface area contributed by atoms with Crippen molar-refractivity contribution in [3.05, 3.63) is 54.1 Å². The largest absolute Gasteiger partial charge is 0.508 e. The quantitative estimate of drug-likeness (QED) is 0.619. The van der Waals surface area contributed by atoms with E-state index in [1.54, 1.807) is 18.2 Å². The van der Waals surface area contributed by atoms with Gasteiger partial charge in [-0.25, -0.2) is 15.4 Å². The highest BCUT2D eigenvalue weighted by atomic mass is 16.3. The number of amides is 1. The van der Waals surface area contributed by atoms with Gasteiger partial charge in [0.25, 0.3) is 0 Å². The highest BCUT2D eigenvalue weighted by Gasteiger charge is 2.05. The first-order chi connectivity index (χ1) is 8.75. The van der Waals surface area contributed by atoms with E-state index in [-0.39, 0.29) is 11.6 Å². The number of hydrogen-bond acceptors (Lipinski definition) is 5. The SMILES string of the molecule is O=C(N/N=C\c1ccc(O)cc1)c1ncccn1. The van der Waals surface area contributed by atoms with Gasteiger partial charge in [0, 0.05) is 12.4 Å². The number of aromatic nitrogens is 2. The highest BCUT2D eigenvalue weighted by molar-refractivity contribution is 5.91. The van der Waals surface area contributed by atoms with Gasteiger partial charge in [-0.1, -0.05) is 0 Å². The van der Waals surface area contributed by atoms with Crippen molar-refractivity contribution in [1.29, 1.82) is 0 Å². The van der Waals surface area contributed by atoms with Gasteiger partial charge in [-0.15, -0.1) is 0 Å². The van der Waals surface area contributed by atoms with E-state index in [1.165, 1.54) is 30.7 Å². The number of carbonyl (C=O) groups is 1. The van der Waals surface area contributed by atoms with Crippen molar-refractivity contribution in [3.8, 4) is 5.75 Å². The molecule has 0 radical (unpaired) electrons. The molecule has 0 saturated heterocycles. The molecule has 0 saturated carbocycles. The van der Waals surface area contributed by atoms with Gasteiger partial charge in [0.2, 0.25) is 5.82 Å². The zero-order chi connectivity index (χ0) is 12.8. The Morgan fingerprint density at radius 1 is 1.22 bits per heavy atom. The zero-order valence-corrected chi connectivity index (χ0v) is 9.32. The minimum Gasteiger partial charge on any atom is -0.508 e. The van der Waals surface area contributed by atoms with E-state index in [1.807, 2.05) is 0 Å². The van der Waals surface area contributed by atoms with Crippen LogP contribution in [0.1, 0.15) is 16.2 Å². The molecule has 0 bridgehead atoms. The Hall–Kier alpha value is -2.76. The molecule has 18 heavy (non-hydrogen) atoms. The average Bonchev–Trinajstić information content (AvgIpc) is 2.42. The van der Waals surface area contributed by atoms with Crippen molar-refractivity contribution in [2.75, 3.05) is 0 Å². The summed E-state index contributed by atoms with van der Waals surface area (Å²) in [5, 5.41) is 12.8. The summed E-state index contributed by atoms with van der Waals surface area (Å²) in [6.07, 6.45) is 4.41. The van der Waals surface area contributed by atoms with Crippen molar-refractivity contribution >= 4 is 12.1 Å². The molecule has 6 heteroatoms. The van der Waals surface area contributed by atoms with Crippen molar-refractivity contribution in [1.82, 2.24) is 15.4 Å². The third-order valence-corrected chi connectivity index (χ3v) is 2.04. The maximum atomic E-state index is 11.5. The van der Waals surface area contributed by atoms with Gasteiger partial charge in [-0.2, -0.15) is 5.10 Å². The van der Waals surface area contributed by atoms with Gasteiger partial charge in [-0.05, 0) is 35.9 Å². The number of phenolic OH excluding ortho intramolecular Hbond substituents is 1. The second-order valence-electron chi connectivity index (χ2n) is 3.36. The maximum absolute atomic E-state index is 11.5. The Morgan fingerprint density at radius 3 is 2.56 bits per heavy atom. The first-order valence-corrected chi connectivity index (χ1v) is 5.15. The smallest absolute Gasteiger partial charge is 0.309 e. The number of aromatic hydroxyl groups is 1. The molecule has 0 atom stereocenters. The molecule has 2 rings (SSSR count). The molecule has 2 N–H and O–H groups in total. The Kier molecular flexibility index (Phi) is 3.60. The number of hydrazone groups is 1. The van der Waals surface area contributed by atoms with E-state index in [0.717, 1.165) is 5.56 Å². The van der Waals surface area contributed by atoms with Crippen LogP contribution in [0.2, 0.25) is 0 Å². The van der Waals surface area contributed by atoms with Crippen LogP contribution in [-0.4, -0.2) is 27.2 Å². The molecule has 0 aliphatic carbocycles. The van der Waals surface area contributed by atoms with E-state index in [2.05, 4.69) is 20.5 Å². The van der Waals surface area contributed by atoms with Crippen LogP contribution in [-0.2, 0) is 0 Å². The molecule has 0 aliphatic rings. The predicted octanol–water partition coefficient (Wildman–Crippen LogP) is 0.946.